The molecule has 0 saturated carbocycles. The van der Waals surface area contributed by atoms with Crippen LogP contribution in [0.25, 0.3) is 0 Å². The highest BCUT2D eigenvalue weighted by Gasteiger charge is 2.37. The molecule has 0 N–H and O–H groups in total. The molecule has 0 bridgehead atoms. The van der Waals surface area contributed by atoms with Crippen molar-refractivity contribution in [3.8, 4) is 11.5 Å². The average Bonchev–Trinajstić information content (AvgIpc) is 3.12. The lowest BCUT2D eigenvalue weighted by Crippen LogP contribution is -2.30. The van der Waals surface area contributed by atoms with Crippen molar-refractivity contribution in [1.82, 2.24) is 4.31 Å². The van der Waals surface area contributed by atoms with Gasteiger partial charge in [0.05, 0.1) is 25.2 Å². The van der Waals surface area contributed by atoms with E-state index in [0.717, 1.165) is 22.9 Å². The molecule has 0 aromatic heterocycles. The van der Waals surface area contributed by atoms with E-state index in [4.69, 9.17) is 9.47 Å². The quantitative estimate of drug-likeness (QED) is 0.726. The number of benzene rings is 2. The van der Waals surface area contributed by atoms with Crippen LogP contribution in [0.3, 0.4) is 0 Å². The summed E-state index contributed by atoms with van der Waals surface area (Å²) in [6.45, 7) is 0.490. The predicted octanol–water partition coefficient (Wildman–Crippen LogP) is 3.99. The number of hydrogen-bond acceptors (Lipinski definition) is 4. The second-order valence-electron chi connectivity index (χ2n) is 5.84. The van der Waals surface area contributed by atoms with Crippen LogP contribution in [0.5, 0.6) is 11.5 Å². The Balaban J connectivity index is 2.02. The molecule has 1 aliphatic heterocycles. The van der Waals surface area contributed by atoms with Crippen molar-refractivity contribution in [2.75, 3.05) is 20.8 Å². The van der Waals surface area contributed by atoms with Crippen molar-refractivity contribution in [3.63, 3.8) is 0 Å². The average molecular weight is 426 g/mol. The summed E-state index contributed by atoms with van der Waals surface area (Å²) in [5.74, 6) is 1.35. The monoisotopic (exact) mass is 425 g/mol. The zero-order valence-electron chi connectivity index (χ0n) is 14.1. The second-order valence-corrected chi connectivity index (χ2v) is 8.64. The summed E-state index contributed by atoms with van der Waals surface area (Å²) >= 11 is 3.34. The summed E-state index contributed by atoms with van der Waals surface area (Å²) in [4.78, 5) is 0.296. The van der Waals surface area contributed by atoms with Gasteiger partial charge < -0.3 is 9.47 Å². The molecule has 1 saturated heterocycles. The zero-order chi connectivity index (χ0) is 18.0. The van der Waals surface area contributed by atoms with E-state index in [0.29, 0.717) is 22.9 Å². The van der Waals surface area contributed by atoms with Crippen LogP contribution >= 0.6 is 15.9 Å². The number of methoxy groups -OCH3 is 2. The Kier molecular flexibility index (Phi) is 5.36. The first-order chi connectivity index (χ1) is 12.0. The van der Waals surface area contributed by atoms with Crippen molar-refractivity contribution in [3.05, 3.63) is 52.5 Å². The summed E-state index contributed by atoms with van der Waals surface area (Å²) in [6, 6.07) is 11.9. The Bertz CT molecular complexity index is 852. The molecule has 0 aliphatic carbocycles. The Hall–Kier alpha value is -1.57. The molecule has 1 unspecified atom stereocenters. The molecule has 0 amide bonds. The smallest absolute Gasteiger partial charge is 0.243 e. The van der Waals surface area contributed by atoms with Crippen LogP contribution in [0.1, 0.15) is 24.4 Å². The highest BCUT2D eigenvalue weighted by Crippen LogP contribution is 2.41. The summed E-state index contributed by atoms with van der Waals surface area (Å²) in [5.41, 5.74) is 0.833. The van der Waals surface area contributed by atoms with Crippen LogP contribution in [-0.2, 0) is 10.0 Å². The lowest BCUT2D eigenvalue weighted by molar-refractivity contribution is 0.361. The molecule has 2 aromatic rings. The Labute approximate surface area is 156 Å². The molecule has 1 atom stereocenters. The number of halogens is 1. The standard InChI is InChI=1S/C18H20BrNO4S/c1-23-14-7-10-18(24-2)16(12-14)17-4-3-11-20(17)25(21,22)15-8-5-13(19)6-9-15/h5-10,12,17H,3-4,11H2,1-2H3. The van der Waals surface area contributed by atoms with Gasteiger partial charge in [0.25, 0.3) is 0 Å². The molecular formula is C18H20BrNO4S. The minimum atomic E-state index is -3.58. The van der Waals surface area contributed by atoms with E-state index in [-0.39, 0.29) is 6.04 Å². The third kappa shape index (κ3) is 3.54. The number of hydrogen-bond donors (Lipinski definition) is 0. The van der Waals surface area contributed by atoms with E-state index in [1.807, 2.05) is 18.2 Å². The first-order valence-electron chi connectivity index (χ1n) is 7.96. The van der Waals surface area contributed by atoms with Crippen LogP contribution in [0, 0.1) is 0 Å². The van der Waals surface area contributed by atoms with Gasteiger partial charge in [-0.2, -0.15) is 4.31 Å². The number of ether oxygens (including phenoxy) is 2. The van der Waals surface area contributed by atoms with Gasteiger partial charge in [-0.15, -0.1) is 0 Å². The molecule has 3 rings (SSSR count). The van der Waals surface area contributed by atoms with Crippen LogP contribution in [-0.4, -0.2) is 33.5 Å². The Morgan fingerprint density at radius 1 is 1.08 bits per heavy atom. The topological polar surface area (TPSA) is 55.8 Å². The summed E-state index contributed by atoms with van der Waals surface area (Å²) in [7, 11) is -0.396. The molecule has 1 fully saturated rings. The Morgan fingerprint density at radius 2 is 1.80 bits per heavy atom. The van der Waals surface area contributed by atoms with Gasteiger partial charge in [0.1, 0.15) is 11.5 Å². The minimum Gasteiger partial charge on any atom is -0.497 e. The van der Waals surface area contributed by atoms with Crippen molar-refractivity contribution < 1.29 is 17.9 Å². The normalized spacial score (nSPS) is 18.3. The number of nitrogens with zero attached hydrogens (tertiary/aromatic N) is 1. The molecule has 134 valence electrons. The van der Waals surface area contributed by atoms with Crippen LogP contribution in [0.2, 0.25) is 0 Å². The first kappa shape index (κ1) is 18.2. The summed E-state index contributed by atoms with van der Waals surface area (Å²) in [5, 5.41) is 0. The molecule has 5 nitrogen and oxygen atoms in total. The van der Waals surface area contributed by atoms with Gasteiger partial charge >= 0.3 is 0 Å². The maximum atomic E-state index is 13.1. The van der Waals surface area contributed by atoms with Crippen LogP contribution in [0.15, 0.2) is 51.8 Å². The molecule has 1 aliphatic rings. The van der Waals surface area contributed by atoms with E-state index in [1.54, 1.807) is 42.8 Å². The number of sulfonamides is 1. The van der Waals surface area contributed by atoms with E-state index in [1.165, 1.54) is 0 Å². The van der Waals surface area contributed by atoms with Crippen molar-refractivity contribution in [2.45, 2.75) is 23.8 Å². The molecule has 0 spiro atoms. The fraction of sp³-hybridized carbons (Fsp3) is 0.333. The molecule has 7 heteroatoms. The van der Waals surface area contributed by atoms with Crippen molar-refractivity contribution in [2.24, 2.45) is 0 Å². The van der Waals surface area contributed by atoms with E-state index in [2.05, 4.69) is 15.9 Å². The van der Waals surface area contributed by atoms with Gasteiger partial charge in [0, 0.05) is 16.6 Å². The highest BCUT2D eigenvalue weighted by atomic mass is 79.9. The zero-order valence-corrected chi connectivity index (χ0v) is 16.5. The molecule has 25 heavy (non-hydrogen) atoms. The SMILES string of the molecule is COc1ccc(OC)c(C2CCCN2S(=O)(=O)c2ccc(Br)cc2)c1. The summed E-state index contributed by atoms with van der Waals surface area (Å²) in [6.07, 6.45) is 1.56. The van der Waals surface area contributed by atoms with Gasteiger partial charge in [-0.3, -0.25) is 0 Å². The summed E-state index contributed by atoms with van der Waals surface area (Å²) < 4.78 is 39.4. The lowest BCUT2D eigenvalue weighted by atomic mass is 10.0. The first-order valence-corrected chi connectivity index (χ1v) is 10.2. The van der Waals surface area contributed by atoms with Gasteiger partial charge in [-0.05, 0) is 55.3 Å². The maximum absolute atomic E-state index is 13.1. The van der Waals surface area contributed by atoms with E-state index >= 15 is 0 Å². The molecule has 2 aromatic carbocycles. The van der Waals surface area contributed by atoms with Gasteiger partial charge in [-0.25, -0.2) is 8.42 Å². The van der Waals surface area contributed by atoms with Gasteiger partial charge in [0.2, 0.25) is 10.0 Å². The fourth-order valence-corrected chi connectivity index (χ4v) is 5.12. The van der Waals surface area contributed by atoms with Gasteiger partial charge in [0.15, 0.2) is 0 Å². The fourth-order valence-electron chi connectivity index (χ4n) is 3.18. The Morgan fingerprint density at radius 3 is 2.44 bits per heavy atom. The maximum Gasteiger partial charge on any atom is 0.243 e. The van der Waals surface area contributed by atoms with E-state index in [9.17, 15) is 8.42 Å². The van der Waals surface area contributed by atoms with E-state index < -0.39 is 10.0 Å². The molecular weight excluding hydrogens is 406 g/mol. The van der Waals surface area contributed by atoms with Gasteiger partial charge in [-0.1, -0.05) is 15.9 Å². The number of rotatable bonds is 5. The van der Waals surface area contributed by atoms with Crippen molar-refractivity contribution >= 4 is 26.0 Å². The third-order valence-electron chi connectivity index (χ3n) is 4.42. The second kappa shape index (κ2) is 7.35. The largest absolute Gasteiger partial charge is 0.497 e. The van der Waals surface area contributed by atoms with Crippen LogP contribution < -0.4 is 9.47 Å². The molecule has 0 radical (unpaired) electrons. The van der Waals surface area contributed by atoms with Crippen LogP contribution in [0.4, 0.5) is 0 Å². The lowest BCUT2D eigenvalue weighted by Gasteiger charge is -2.26. The minimum absolute atomic E-state index is 0.265. The van der Waals surface area contributed by atoms with Crippen molar-refractivity contribution in [1.29, 1.82) is 0 Å². The molecule has 1 heterocycles. The predicted molar refractivity (Wildman–Crippen MR) is 99.6 cm³/mol. The third-order valence-corrected chi connectivity index (χ3v) is 6.87. The highest BCUT2D eigenvalue weighted by molar-refractivity contribution is 9.10.